The van der Waals surface area contributed by atoms with Gasteiger partial charge in [0.2, 0.25) is 5.91 Å². The molecule has 1 unspecified atom stereocenters. The van der Waals surface area contributed by atoms with E-state index in [0.29, 0.717) is 5.69 Å². The number of rotatable bonds is 5. The van der Waals surface area contributed by atoms with E-state index in [-0.39, 0.29) is 18.4 Å². The Morgan fingerprint density at radius 1 is 0.962 bits per heavy atom. The molecule has 0 aliphatic rings. The Kier molecular flexibility index (Phi) is 7.26. The maximum Gasteiger partial charge on any atom is 0.319 e. The molecule has 0 aromatic heterocycles. The van der Waals surface area contributed by atoms with Crippen LogP contribution >= 0.6 is 0 Å². The number of anilines is 1. The minimum atomic E-state index is -0.641. The molecule has 0 spiro atoms. The van der Waals surface area contributed by atoms with E-state index in [9.17, 15) is 9.59 Å². The molecular weight excluding hydrogens is 326 g/mol. The van der Waals surface area contributed by atoms with Crippen molar-refractivity contribution in [3.63, 3.8) is 0 Å². The molecule has 2 aromatic carbocycles. The first-order valence-electron chi connectivity index (χ1n) is 8.50. The first-order chi connectivity index (χ1) is 12.6. The van der Waals surface area contributed by atoms with E-state index in [1.807, 2.05) is 62.4 Å². The number of para-hydroxylation sites is 1. The van der Waals surface area contributed by atoms with Gasteiger partial charge in [-0.05, 0) is 30.2 Å². The molecule has 134 valence electrons. The summed E-state index contributed by atoms with van der Waals surface area (Å²) >= 11 is 0. The van der Waals surface area contributed by atoms with Gasteiger partial charge in [-0.1, -0.05) is 62.1 Å². The van der Waals surface area contributed by atoms with Crippen molar-refractivity contribution in [3.05, 3.63) is 66.2 Å². The number of carbonyl (C=O) groups is 2. The van der Waals surface area contributed by atoms with E-state index < -0.39 is 12.1 Å². The second-order valence-electron chi connectivity index (χ2n) is 6.07. The molecule has 0 fully saturated rings. The van der Waals surface area contributed by atoms with E-state index >= 15 is 0 Å². The van der Waals surface area contributed by atoms with Crippen LogP contribution in [0.4, 0.5) is 10.5 Å². The summed E-state index contributed by atoms with van der Waals surface area (Å²) in [7, 11) is 0. The Morgan fingerprint density at radius 2 is 1.58 bits per heavy atom. The van der Waals surface area contributed by atoms with Crippen molar-refractivity contribution < 1.29 is 9.59 Å². The van der Waals surface area contributed by atoms with Crippen LogP contribution in [0.3, 0.4) is 0 Å². The number of hydrogen-bond donors (Lipinski definition) is 3. The van der Waals surface area contributed by atoms with Crippen molar-refractivity contribution in [2.24, 2.45) is 5.92 Å². The molecule has 3 N–H and O–H groups in total. The zero-order valence-electron chi connectivity index (χ0n) is 15.0. The lowest BCUT2D eigenvalue weighted by Crippen LogP contribution is -2.51. The van der Waals surface area contributed by atoms with Crippen molar-refractivity contribution in [1.82, 2.24) is 10.6 Å². The van der Waals surface area contributed by atoms with Crippen molar-refractivity contribution in [3.8, 4) is 11.8 Å². The van der Waals surface area contributed by atoms with Gasteiger partial charge in [0.1, 0.15) is 6.04 Å². The summed E-state index contributed by atoms with van der Waals surface area (Å²) in [5.41, 5.74) is 1.56. The third-order valence-corrected chi connectivity index (χ3v) is 3.62. The normalized spacial score (nSPS) is 11.0. The van der Waals surface area contributed by atoms with Gasteiger partial charge < -0.3 is 16.0 Å². The lowest BCUT2D eigenvalue weighted by molar-refractivity contribution is -0.123. The van der Waals surface area contributed by atoms with E-state index in [2.05, 4.69) is 27.8 Å². The highest BCUT2D eigenvalue weighted by Gasteiger charge is 2.23. The number of hydrogen-bond acceptors (Lipinski definition) is 2. The third kappa shape index (κ3) is 6.33. The van der Waals surface area contributed by atoms with E-state index in [0.717, 1.165) is 5.56 Å². The average Bonchev–Trinajstić information content (AvgIpc) is 2.64. The smallest absolute Gasteiger partial charge is 0.319 e. The van der Waals surface area contributed by atoms with Gasteiger partial charge in [0.15, 0.2) is 0 Å². The number of carbonyl (C=O) groups excluding carboxylic acids is 2. The van der Waals surface area contributed by atoms with Crippen molar-refractivity contribution in [2.45, 2.75) is 19.9 Å². The van der Waals surface area contributed by atoms with Gasteiger partial charge in [-0.25, -0.2) is 4.79 Å². The fourth-order valence-corrected chi connectivity index (χ4v) is 2.27. The lowest BCUT2D eigenvalue weighted by atomic mass is 10.0. The second kappa shape index (κ2) is 9.90. The Hall–Kier alpha value is -3.26. The molecule has 0 radical (unpaired) electrons. The van der Waals surface area contributed by atoms with Gasteiger partial charge in [0.05, 0.1) is 6.54 Å². The number of nitrogens with one attached hydrogen (secondary N) is 3. The average molecular weight is 349 g/mol. The summed E-state index contributed by atoms with van der Waals surface area (Å²) in [6.45, 7) is 3.98. The number of amides is 3. The molecule has 0 saturated carbocycles. The molecule has 5 nitrogen and oxygen atoms in total. The van der Waals surface area contributed by atoms with E-state index in [1.165, 1.54) is 0 Å². The number of urea groups is 1. The topological polar surface area (TPSA) is 70.2 Å². The molecule has 2 aromatic rings. The van der Waals surface area contributed by atoms with E-state index in [4.69, 9.17) is 0 Å². The highest BCUT2D eigenvalue weighted by molar-refractivity contribution is 5.93. The molecule has 26 heavy (non-hydrogen) atoms. The van der Waals surface area contributed by atoms with Crippen LogP contribution in [0.15, 0.2) is 60.7 Å². The summed E-state index contributed by atoms with van der Waals surface area (Å²) in [4.78, 5) is 24.5. The zero-order valence-corrected chi connectivity index (χ0v) is 15.0. The number of benzene rings is 2. The van der Waals surface area contributed by atoms with Gasteiger partial charge in [-0.3, -0.25) is 4.79 Å². The molecule has 5 heteroatoms. The van der Waals surface area contributed by atoms with Crippen LogP contribution in [0.5, 0.6) is 0 Å². The van der Waals surface area contributed by atoms with Crippen LogP contribution in [0.2, 0.25) is 0 Å². The molecule has 0 saturated heterocycles. The van der Waals surface area contributed by atoms with E-state index in [1.54, 1.807) is 12.1 Å². The lowest BCUT2D eigenvalue weighted by Gasteiger charge is -2.21. The second-order valence-corrected chi connectivity index (χ2v) is 6.07. The maximum absolute atomic E-state index is 12.4. The molecule has 2 rings (SSSR count). The molecular formula is C21H23N3O2. The molecule has 3 amide bonds. The summed E-state index contributed by atoms with van der Waals surface area (Å²) in [6, 6.07) is 17.6. The van der Waals surface area contributed by atoms with Crippen LogP contribution in [-0.4, -0.2) is 24.5 Å². The third-order valence-electron chi connectivity index (χ3n) is 3.62. The minimum Gasteiger partial charge on any atom is -0.343 e. The molecule has 0 aliphatic heterocycles. The van der Waals surface area contributed by atoms with Crippen molar-refractivity contribution in [2.75, 3.05) is 11.9 Å². The highest BCUT2D eigenvalue weighted by Crippen LogP contribution is 2.06. The SMILES string of the molecule is CC(C)C(NC(=O)Nc1ccccc1)C(=O)NCC#Cc1ccccc1. The molecule has 0 aliphatic carbocycles. The molecule has 1 atom stereocenters. The first-order valence-corrected chi connectivity index (χ1v) is 8.50. The van der Waals surface area contributed by atoms with Gasteiger partial charge in [-0.15, -0.1) is 0 Å². The van der Waals surface area contributed by atoms with Gasteiger partial charge in [0, 0.05) is 11.3 Å². The van der Waals surface area contributed by atoms with Gasteiger partial charge >= 0.3 is 6.03 Å². The van der Waals surface area contributed by atoms with Crippen molar-refractivity contribution in [1.29, 1.82) is 0 Å². The summed E-state index contributed by atoms with van der Waals surface area (Å²) in [5, 5.41) is 8.17. The maximum atomic E-state index is 12.4. The Bertz CT molecular complexity index is 777. The minimum absolute atomic E-state index is 0.0568. The van der Waals surface area contributed by atoms with Crippen molar-refractivity contribution >= 4 is 17.6 Å². The Balaban J connectivity index is 1.86. The molecule has 0 heterocycles. The monoisotopic (exact) mass is 349 g/mol. The molecule has 0 bridgehead atoms. The van der Waals surface area contributed by atoms with Crippen LogP contribution in [0, 0.1) is 17.8 Å². The fourth-order valence-electron chi connectivity index (χ4n) is 2.27. The predicted octanol–water partition coefficient (Wildman–Crippen LogP) is 3.00. The zero-order chi connectivity index (χ0) is 18.8. The Labute approximate surface area is 154 Å². The highest BCUT2D eigenvalue weighted by atomic mass is 16.2. The predicted molar refractivity (Wildman–Crippen MR) is 104 cm³/mol. The first kappa shape index (κ1) is 19.1. The van der Waals surface area contributed by atoms with Crippen LogP contribution in [0.1, 0.15) is 19.4 Å². The largest absolute Gasteiger partial charge is 0.343 e. The quantitative estimate of drug-likeness (QED) is 0.726. The van der Waals surface area contributed by atoms with Gasteiger partial charge in [-0.2, -0.15) is 0 Å². The van der Waals surface area contributed by atoms with Crippen LogP contribution in [-0.2, 0) is 4.79 Å². The van der Waals surface area contributed by atoms with Gasteiger partial charge in [0.25, 0.3) is 0 Å². The summed E-state index contributed by atoms with van der Waals surface area (Å²) in [5.74, 6) is 5.57. The fraction of sp³-hybridized carbons (Fsp3) is 0.238. The van der Waals surface area contributed by atoms with Crippen LogP contribution in [0.25, 0.3) is 0 Å². The summed E-state index contributed by atoms with van der Waals surface area (Å²) in [6.07, 6.45) is 0. The Morgan fingerprint density at radius 3 is 2.19 bits per heavy atom. The standard InChI is InChI=1S/C21H23N3O2/c1-16(2)19(24-21(26)23-18-13-7-4-8-14-18)20(25)22-15-9-12-17-10-5-3-6-11-17/h3-8,10-11,13-14,16,19H,15H2,1-2H3,(H,22,25)(H2,23,24,26). The van der Waals surface area contributed by atoms with Crippen LogP contribution < -0.4 is 16.0 Å². The summed E-state index contributed by atoms with van der Waals surface area (Å²) < 4.78 is 0.